The van der Waals surface area contributed by atoms with Gasteiger partial charge in [-0.1, -0.05) is 0 Å². The van der Waals surface area contributed by atoms with Crippen LogP contribution in [0.4, 0.5) is 0 Å². The number of hydrogen-bond donors (Lipinski definition) is 0. The predicted octanol–water partition coefficient (Wildman–Crippen LogP) is 2.80. The zero-order valence-corrected chi connectivity index (χ0v) is 15.6. The van der Waals surface area contributed by atoms with Crippen LogP contribution >= 0.6 is 0 Å². The van der Waals surface area contributed by atoms with Crippen LogP contribution < -0.4 is 0 Å². The second kappa shape index (κ2) is 6.92. The molecule has 3 heterocycles. The summed E-state index contributed by atoms with van der Waals surface area (Å²) < 4.78 is 7.95. The molecule has 0 amide bonds. The summed E-state index contributed by atoms with van der Waals surface area (Å²) in [5, 5.41) is 4.38. The van der Waals surface area contributed by atoms with Gasteiger partial charge < -0.3 is 4.42 Å². The minimum absolute atomic E-state index is 0.426. The fourth-order valence-corrected chi connectivity index (χ4v) is 4.24. The molecule has 0 spiro atoms. The molecule has 1 saturated heterocycles. The molecule has 2 fully saturated rings. The number of hydrogen-bond acceptors (Lipinski definition) is 5. The van der Waals surface area contributed by atoms with Crippen LogP contribution in [-0.4, -0.2) is 51.7 Å². The molecular formula is C19H29N5O. The van der Waals surface area contributed by atoms with Gasteiger partial charge in [-0.15, -0.1) is 0 Å². The highest BCUT2D eigenvalue weighted by atomic mass is 16.4. The van der Waals surface area contributed by atoms with Crippen molar-refractivity contribution in [2.45, 2.75) is 44.2 Å². The maximum atomic E-state index is 5.93. The van der Waals surface area contributed by atoms with Gasteiger partial charge in [0.2, 0.25) is 5.89 Å². The lowest BCUT2D eigenvalue weighted by molar-refractivity contribution is 0.0850. The first kappa shape index (κ1) is 16.8. The van der Waals surface area contributed by atoms with Crippen molar-refractivity contribution in [3.8, 4) is 0 Å². The molecule has 2 aromatic heterocycles. The van der Waals surface area contributed by atoms with E-state index in [9.17, 15) is 0 Å². The number of oxazole rings is 1. The molecule has 0 radical (unpaired) electrons. The topological polar surface area (TPSA) is 50.3 Å². The SMILES string of the molecule is CN(Cc1ncc(C2CC2)o1)C[C@@H]1CCCN(C)[C@H]1c1ccnn1C. The third-order valence-corrected chi connectivity index (χ3v) is 5.67. The Hall–Kier alpha value is -1.66. The van der Waals surface area contributed by atoms with E-state index < -0.39 is 0 Å². The Labute approximate surface area is 149 Å². The van der Waals surface area contributed by atoms with E-state index in [1.165, 1.54) is 31.4 Å². The largest absolute Gasteiger partial charge is 0.444 e. The van der Waals surface area contributed by atoms with Crippen molar-refractivity contribution in [3.63, 3.8) is 0 Å². The Bertz CT molecular complexity index is 704. The Morgan fingerprint density at radius 2 is 2.12 bits per heavy atom. The highest BCUT2D eigenvalue weighted by Crippen LogP contribution is 2.40. The highest BCUT2D eigenvalue weighted by molar-refractivity contribution is 5.10. The summed E-state index contributed by atoms with van der Waals surface area (Å²) in [6.45, 7) is 2.98. The minimum Gasteiger partial charge on any atom is -0.444 e. The molecule has 25 heavy (non-hydrogen) atoms. The number of aromatic nitrogens is 3. The summed E-state index contributed by atoms with van der Waals surface area (Å²) >= 11 is 0. The van der Waals surface area contributed by atoms with Crippen molar-refractivity contribution in [2.24, 2.45) is 13.0 Å². The Morgan fingerprint density at radius 1 is 1.28 bits per heavy atom. The first-order valence-electron chi connectivity index (χ1n) is 9.43. The quantitative estimate of drug-likeness (QED) is 0.807. The van der Waals surface area contributed by atoms with Crippen LogP contribution in [0.2, 0.25) is 0 Å². The zero-order valence-electron chi connectivity index (χ0n) is 15.6. The van der Waals surface area contributed by atoms with Crippen molar-refractivity contribution >= 4 is 0 Å². The van der Waals surface area contributed by atoms with Crippen LogP contribution in [0.15, 0.2) is 22.9 Å². The van der Waals surface area contributed by atoms with Gasteiger partial charge in [-0.25, -0.2) is 4.98 Å². The van der Waals surface area contributed by atoms with Gasteiger partial charge in [0.25, 0.3) is 0 Å². The molecule has 2 atom stereocenters. The Kier molecular flexibility index (Phi) is 4.65. The number of nitrogens with zero attached hydrogens (tertiary/aromatic N) is 5. The van der Waals surface area contributed by atoms with Gasteiger partial charge >= 0.3 is 0 Å². The molecule has 136 valence electrons. The van der Waals surface area contributed by atoms with Crippen molar-refractivity contribution in [2.75, 3.05) is 27.2 Å². The first-order chi connectivity index (χ1) is 12.1. The summed E-state index contributed by atoms with van der Waals surface area (Å²) in [7, 11) is 6.46. The summed E-state index contributed by atoms with van der Waals surface area (Å²) in [6, 6.07) is 2.59. The van der Waals surface area contributed by atoms with E-state index in [1.54, 1.807) is 0 Å². The van der Waals surface area contributed by atoms with E-state index in [2.05, 4.69) is 40.0 Å². The summed E-state index contributed by atoms with van der Waals surface area (Å²) in [5.74, 6) is 3.16. The molecule has 0 aromatic carbocycles. The number of rotatable bonds is 6. The van der Waals surface area contributed by atoms with Crippen molar-refractivity contribution in [1.29, 1.82) is 0 Å². The molecule has 4 rings (SSSR count). The van der Waals surface area contributed by atoms with E-state index in [4.69, 9.17) is 4.42 Å². The predicted molar refractivity (Wildman–Crippen MR) is 96.1 cm³/mol. The molecule has 6 heteroatoms. The Balaban J connectivity index is 1.42. The van der Waals surface area contributed by atoms with Gasteiger partial charge in [-0.3, -0.25) is 14.5 Å². The fraction of sp³-hybridized carbons (Fsp3) is 0.684. The van der Waals surface area contributed by atoms with Gasteiger partial charge in [0.15, 0.2) is 0 Å². The number of likely N-dealkylation sites (tertiary alicyclic amines) is 1. The third-order valence-electron chi connectivity index (χ3n) is 5.67. The zero-order chi connectivity index (χ0) is 17.4. The van der Waals surface area contributed by atoms with E-state index in [1.807, 2.05) is 24.1 Å². The molecule has 2 aromatic rings. The van der Waals surface area contributed by atoms with Crippen molar-refractivity contribution < 1.29 is 4.42 Å². The van der Waals surface area contributed by atoms with Crippen LogP contribution in [0.1, 0.15) is 55.0 Å². The van der Waals surface area contributed by atoms with Gasteiger partial charge in [0, 0.05) is 25.7 Å². The average molecular weight is 343 g/mol. The van der Waals surface area contributed by atoms with Gasteiger partial charge in [0.05, 0.1) is 24.5 Å². The van der Waals surface area contributed by atoms with Gasteiger partial charge in [-0.05, 0) is 58.3 Å². The molecule has 2 aliphatic rings. The Morgan fingerprint density at radius 3 is 2.84 bits per heavy atom. The van der Waals surface area contributed by atoms with Crippen LogP contribution in [0.3, 0.4) is 0 Å². The molecule has 0 unspecified atom stereocenters. The maximum absolute atomic E-state index is 5.93. The van der Waals surface area contributed by atoms with Crippen molar-refractivity contribution in [3.05, 3.63) is 35.8 Å². The highest BCUT2D eigenvalue weighted by Gasteiger charge is 2.33. The van der Waals surface area contributed by atoms with E-state index in [0.29, 0.717) is 17.9 Å². The summed E-state index contributed by atoms with van der Waals surface area (Å²) in [4.78, 5) is 9.31. The van der Waals surface area contributed by atoms with Crippen molar-refractivity contribution in [1.82, 2.24) is 24.6 Å². The lowest BCUT2D eigenvalue weighted by atomic mass is 9.87. The molecule has 0 bridgehead atoms. The van der Waals surface area contributed by atoms with Crippen LogP contribution in [0, 0.1) is 5.92 Å². The molecular weight excluding hydrogens is 314 g/mol. The van der Waals surface area contributed by atoms with Crippen LogP contribution in [-0.2, 0) is 13.6 Å². The van der Waals surface area contributed by atoms with Gasteiger partial charge in [0.1, 0.15) is 5.76 Å². The average Bonchev–Trinajstić information content (AvgIpc) is 3.19. The summed E-state index contributed by atoms with van der Waals surface area (Å²) in [5.41, 5.74) is 1.31. The summed E-state index contributed by atoms with van der Waals surface area (Å²) in [6.07, 6.45) is 8.85. The van der Waals surface area contributed by atoms with Crippen LogP contribution in [0.25, 0.3) is 0 Å². The van der Waals surface area contributed by atoms with Gasteiger partial charge in [-0.2, -0.15) is 5.10 Å². The lowest BCUT2D eigenvalue weighted by Gasteiger charge is -2.40. The third kappa shape index (κ3) is 3.65. The molecule has 6 nitrogen and oxygen atoms in total. The number of aryl methyl sites for hydroxylation is 1. The molecule has 0 N–H and O–H groups in total. The fourth-order valence-electron chi connectivity index (χ4n) is 4.24. The van der Waals surface area contributed by atoms with E-state index in [0.717, 1.165) is 31.3 Å². The smallest absolute Gasteiger partial charge is 0.208 e. The monoisotopic (exact) mass is 343 g/mol. The van der Waals surface area contributed by atoms with E-state index in [-0.39, 0.29) is 0 Å². The van der Waals surface area contributed by atoms with Crippen LogP contribution in [0.5, 0.6) is 0 Å². The second-order valence-electron chi connectivity index (χ2n) is 7.83. The standard InChI is InChI=1S/C19H29N5O/c1-22(13-18-20-11-17(25-18)14-6-7-14)12-15-5-4-10-23(2)19(15)16-8-9-21-24(16)3/h8-9,11,14-15,19H,4-7,10,12-13H2,1-3H3/t15-,19+/m0/s1. The van der Waals surface area contributed by atoms with E-state index >= 15 is 0 Å². The number of piperidine rings is 1. The maximum Gasteiger partial charge on any atom is 0.208 e. The molecule has 1 aliphatic heterocycles. The second-order valence-corrected chi connectivity index (χ2v) is 7.83. The first-order valence-corrected chi connectivity index (χ1v) is 9.43. The lowest BCUT2D eigenvalue weighted by Crippen LogP contribution is -2.41. The molecule has 1 aliphatic carbocycles. The molecule has 1 saturated carbocycles. The minimum atomic E-state index is 0.426. The normalized spacial score (nSPS) is 25.0.